The normalized spacial score (nSPS) is 11.9. The lowest BCUT2D eigenvalue weighted by molar-refractivity contribution is 0.666. The van der Waals surface area contributed by atoms with Crippen molar-refractivity contribution in [1.29, 1.82) is 0 Å². The van der Waals surface area contributed by atoms with Crippen molar-refractivity contribution in [2.75, 3.05) is 0 Å². The molecule has 8 aromatic carbocycles. The first kappa shape index (κ1) is 31.5. The highest BCUT2D eigenvalue weighted by Gasteiger charge is 2.21. The minimum atomic E-state index is 0.621. The Kier molecular flexibility index (Phi) is 6.83. The number of furan rings is 1. The SMILES string of the molecule is c1ccc(-c2nc(-c3ccccc3)nc(-c3ccc4c(c3)c3cc5c(cc3n4-c3ccccc3)oc3c(-n4c6ccccc6c6ccccc64)cccc35)n2)cc1. The summed E-state index contributed by atoms with van der Waals surface area (Å²) in [4.78, 5) is 15.1. The Morgan fingerprint density at radius 2 is 0.860 bits per heavy atom. The number of hydrogen-bond donors (Lipinski definition) is 0. The smallest absolute Gasteiger partial charge is 0.164 e. The molecule has 0 aliphatic carbocycles. The molecule has 0 radical (unpaired) electrons. The van der Waals surface area contributed by atoms with E-state index >= 15 is 0 Å². The molecule has 57 heavy (non-hydrogen) atoms. The minimum absolute atomic E-state index is 0.621. The predicted molar refractivity (Wildman–Crippen MR) is 232 cm³/mol. The van der Waals surface area contributed by atoms with Crippen molar-refractivity contribution in [3.05, 3.63) is 188 Å². The van der Waals surface area contributed by atoms with Gasteiger partial charge in [-0.2, -0.15) is 0 Å². The average molecular weight is 730 g/mol. The molecule has 0 saturated heterocycles. The van der Waals surface area contributed by atoms with Crippen LogP contribution in [0.1, 0.15) is 0 Å². The van der Waals surface area contributed by atoms with E-state index in [0.717, 1.165) is 82.8 Å². The Morgan fingerprint density at radius 1 is 0.333 bits per heavy atom. The fourth-order valence-electron chi connectivity index (χ4n) is 8.59. The lowest BCUT2D eigenvalue weighted by atomic mass is 10.1. The quantitative estimate of drug-likeness (QED) is 0.177. The Bertz CT molecular complexity index is 3400. The molecule has 0 saturated carbocycles. The van der Waals surface area contributed by atoms with Gasteiger partial charge in [0.15, 0.2) is 23.1 Å². The van der Waals surface area contributed by atoms with Crippen LogP contribution in [0.15, 0.2) is 192 Å². The molecule has 0 bridgehead atoms. The maximum Gasteiger partial charge on any atom is 0.164 e. The second-order valence-electron chi connectivity index (χ2n) is 14.4. The lowest BCUT2D eigenvalue weighted by Crippen LogP contribution is -2.00. The Balaban J connectivity index is 1.12. The van der Waals surface area contributed by atoms with Crippen molar-refractivity contribution < 1.29 is 4.42 Å². The molecule has 0 aliphatic heterocycles. The minimum Gasteiger partial charge on any atom is -0.454 e. The monoisotopic (exact) mass is 729 g/mol. The molecule has 6 heteroatoms. The van der Waals surface area contributed by atoms with Gasteiger partial charge in [-0.05, 0) is 54.6 Å². The Labute approximate surface area is 326 Å². The molecule has 12 rings (SSSR count). The summed E-state index contributed by atoms with van der Waals surface area (Å²) in [6.07, 6.45) is 0. The highest BCUT2D eigenvalue weighted by molar-refractivity contribution is 6.19. The standard InChI is InChI=1S/C51H31N5O/c1-4-15-32(16-5-1)49-52-50(33-17-6-2-7-18-33)54-51(53-49)34-27-28-44-39(29-34)40-30-41-38-23-14-26-45(56-42-24-12-10-21-36(42)37-22-11-13-25-43(37)56)48(38)57-47(41)31-46(40)55(44)35-19-8-3-9-20-35/h1-31H. The molecule has 6 nitrogen and oxygen atoms in total. The number of aromatic nitrogens is 5. The van der Waals surface area contributed by atoms with Gasteiger partial charge in [0, 0.05) is 60.8 Å². The van der Waals surface area contributed by atoms with Crippen LogP contribution in [0.25, 0.3) is 111 Å². The number of rotatable bonds is 5. The summed E-state index contributed by atoms with van der Waals surface area (Å²) >= 11 is 0. The van der Waals surface area contributed by atoms with Gasteiger partial charge in [-0.25, -0.2) is 15.0 Å². The lowest BCUT2D eigenvalue weighted by Gasteiger charge is -2.09. The largest absolute Gasteiger partial charge is 0.454 e. The summed E-state index contributed by atoms with van der Waals surface area (Å²) in [6.45, 7) is 0. The van der Waals surface area contributed by atoms with Crippen LogP contribution >= 0.6 is 0 Å². The van der Waals surface area contributed by atoms with Crippen molar-refractivity contribution in [3.63, 3.8) is 0 Å². The third-order valence-electron chi connectivity index (χ3n) is 11.2. The van der Waals surface area contributed by atoms with Gasteiger partial charge in [0.1, 0.15) is 5.58 Å². The van der Waals surface area contributed by atoms with Gasteiger partial charge in [0.05, 0.1) is 27.8 Å². The van der Waals surface area contributed by atoms with E-state index in [1.807, 2.05) is 60.7 Å². The first-order valence-corrected chi connectivity index (χ1v) is 19.1. The third kappa shape index (κ3) is 4.87. The van der Waals surface area contributed by atoms with E-state index in [9.17, 15) is 0 Å². The van der Waals surface area contributed by atoms with Gasteiger partial charge in [-0.3, -0.25) is 0 Å². The summed E-state index contributed by atoms with van der Waals surface area (Å²) in [6, 6.07) is 65.5. The molecular formula is C51H31N5O. The van der Waals surface area contributed by atoms with E-state index in [2.05, 4.69) is 137 Å². The Morgan fingerprint density at radius 3 is 1.51 bits per heavy atom. The molecule has 12 aromatic rings. The maximum absolute atomic E-state index is 6.94. The van der Waals surface area contributed by atoms with Crippen molar-refractivity contribution in [3.8, 4) is 45.5 Å². The third-order valence-corrected chi connectivity index (χ3v) is 11.2. The summed E-state index contributed by atoms with van der Waals surface area (Å²) in [5, 5.41) is 6.79. The van der Waals surface area contributed by atoms with Crippen LogP contribution in [-0.2, 0) is 0 Å². The first-order chi connectivity index (χ1) is 28.3. The van der Waals surface area contributed by atoms with Gasteiger partial charge < -0.3 is 13.6 Å². The summed E-state index contributed by atoms with van der Waals surface area (Å²) in [5.41, 5.74) is 11.0. The van der Waals surface area contributed by atoms with Crippen molar-refractivity contribution in [1.82, 2.24) is 24.1 Å². The average Bonchev–Trinajstić information content (AvgIpc) is 3.93. The molecule has 0 spiro atoms. The second kappa shape index (κ2) is 12.3. The van der Waals surface area contributed by atoms with Crippen LogP contribution in [0.2, 0.25) is 0 Å². The number of fused-ring (bicyclic) bond motifs is 9. The van der Waals surface area contributed by atoms with E-state index < -0.39 is 0 Å². The molecule has 0 atom stereocenters. The van der Waals surface area contributed by atoms with Crippen LogP contribution in [0, 0.1) is 0 Å². The molecule has 0 N–H and O–H groups in total. The van der Waals surface area contributed by atoms with Gasteiger partial charge in [-0.1, -0.05) is 127 Å². The molecule has 0 aliphatic rings. The van der Waals surface area contributed by atoms with E-state index in [1.165, 1.54) is 10.8 Å². The molecule has 4 heterocycles. The summed E-state index contributed by atoms with van der Waals surface area (Å²) in [5.74, 6) is 1.89. The molecular weight excluding hydrogens is 699 g/mol. The summed E-state index contributed by atoms with van der Waals surface area (Å²) < 4.78 is 11.6. The second-order valence-corrected chi connectivity index (χ2v) is 14.4. The number of nitrogens with zero attached hydrogens (tertiary/aromatic N) is 5. The summed E-state index contributed by atoms with van der Waals surface area (Å²) in [7, 11) is 0. The highest BCUT2D eigenvalue weighted by atomic mass is 16.3. The maximum atomic E-state index is 6.94. The van der Waals surface area contributed by atoms with E-state index in [1.54, 1.807) is 0 Å². The van der Waals surface area contributed by atoms with Crippen LogP contribution in [0.4, 0.5) is 0 Å². The first-order valence-electron chi connectivity index (χ1n) is 19.1. The number of para-hydroxylation sites is 4. The predicted octanol–water partition coefficient (Wildman–Crippen LogP) is 13.0. The van der Waals surface area contributed by atoms with Gasteiger partial charge in [-0.15, -0.1) is 0 Å². The van der Waals surface area contributed by atoms with E-state index in [0.29, 0.717) is 17.5 Å². The van der Waals surface area contributed by atoms with Crippen LogP contribution in [0.3, 0.4) is 0 Å². The van der Waals surface area contributed by atoms with Crippen LogP contribution in [-0.4, -0.2) is 24.1 Å². The molecule has 266 valence electrons. The zero-order chi connectivity index (χ0) is 37.5. The molecule has 4 aromatic heterocycles. The van der Waals surface area contributed by atoms with Crippen molar-refractivity contribution in [2.45, 2.75) is 0 Å². The number of benzene rings is 8. The number of hydrogen-bond acceptors (Lipinski definition) is 4. The molecule has 0 fully saturated rings. The fraction of sp³-hybridized carbons (Fsp3) is 0. The van der Waals surface area contributed by atoms with Gasteiger partial charge in [0.25, 0.3) is 0 Å². The van der Waals surface area contributed by atoms with E-state index in [4.69, 9.17) is 19.4 Å². The van der Waals surface area contributed by atoms with Gasteiger partial charge >= 0.3 is 0 Å². The van der Waals surface area contributed by atoms with E-state index in [-0.39, 0.29) is 0 Å². The zero-order valence-corrected chi connectivity index (χ0v) is 30.5. The van der Waals surface area contributed by atoms with Gasteiger partial charge in [0.2, 0.25) is 0 Å². The van der Waals surface area contributed by atoms with Crippen LogP contribution < -0.4 is 0 Å². The Hall–Kier alpha value is -7.83. The topological polar surface area (TPSA) is 61.7 Å². The zero-order valence-electron chi connectivity index (χ0n) is 30.5. The fourth-order valence-corrected chi connectivity index (χ4v) is 8.59. The molecule has 0 unspecified atom stereocenters. The van der Waals surface area contributed by atoms with Crippen molar-refractivity contribution >= 4 is 65.6 Å². The van der Waals surface area contributed by atoms with Crippen molar-refractivity contribution in [2.24, 2.45) is 0 Å². The molecule has 0 amide bonds. The van der Waals surface area contributed by atoms with Crippen LogP contribution in [0.5, 0.6) is 0 Å². The highest BCUT2D eigenvalue weighted by Crippen LogP contribution is 2.42.